The maximum absolute atomic E-state index is 13.2. The summed E-state index contributed by atoms with van der Waals surface area (Å²) in [4.78, 5) is 20.0. The molecule has 0 bridgehead atoms. The summed E-state index contributed by atoms with van der Waals surface area (Å²) in [7, 11) is 2.80. The number of pyridine rings is 1. The summed E-state index contributed by atoms with van der Waals surface area (Å²) in [6, 6.07) is 6.19. The van der Waals surface area contributed by atoms with E-state index in [2.05, 4.69) is 21.9 Å². The molecule has 1 heterocycles. The van der Waals surface area contributed by atoms with Crippen molar-refractivity contribution in [2.45, 2.75) is 13.1 Å². The zero-order valence-electron chi connectivity index (χ0n) is 16.6. The number of nitrogens with zero attached hydrogens (tertiary/aromatic N) is 2. The smallest absolute Gasteiger partial charge is 0.421 e. The van der Waals surface area contributed by atoms with Gasteiger partial charge >= 0.3 is 12.1 Å². The average molecular weight is 419 g/mol. The normalized spacial score (nSPS) is 12.3. The monoisotopic (exact) mass is 419 g/mol. The first-order chi connectivity index (χ1) is 14.2. The quantitative estimate of drug-likeness (QED) is 0.377. The molecule has 1 N–H and O–H groups in total. The van der Waals surface area contributed by atoms with Crippen molar-refractivity contribution < 1.29 is 27.4 Å². The zero-order chi connectivity index (χ0) is 22.3. The van der Waals surface area contributed by atoms with Gasteiger partial charge in [-0.15, -0.1) is 0 Å². The minimum absolute atomic E-state index is 0.0136. The van der Waals surface area contributed by atoms with Crippen molar-refractivity contribution in [3.63, 3.8) is 0 Å². The highest BCUT2D eigenvalue weighted by Crippen LogP contribution is 2.37. The first-order valence-corrected chi connectivity index (χ1v) is 8.67. The molecule has 6 nitrogen and oxygen atoms in total. The van der Waals surface area contributed by atoms with Crippen LogP contribution in [0.15, 0.2) is 65.9 Å². The Kier molecular flexibility index (Phi) is 7.35. The number of aliphatic imine (C=N–C) groups is 1. The number of carbonyl (C=O) groups excluding carboxylic acids is 1. The van der Waals surface area contributed by atoms with Gasteiger partial charge in [-0.25, -0.2) is 9.78 Å². The van der Waals surface area contributed by atoms with Crippen LogP contribution in [-0.4, -0.2) is 30.8 Å². The van der Waals surface area contributed by atoms with E-state index in [4.69, 9.17) is 9.47 Å². The number of rotatable bonds is 7. The van der Waals surface area contributed by atoms with Gasteiger partial charge in [0.25, 0.3) is 0 Å². The van der Waals surface area contributed by atoms with Crippen LogP contribution in [0.3, 0.4) is 0 Å². The number of esters is 1. The third-order valence-corrected chi connectivity index (χ3v) is 3.97. The van der Waals surface area contributed by atoms with Gasteiger partial charge in [-0.1, -0.05) is 12.7 Å². The highest BCUT2D eigenvalue weighted by molar-refractivity contribution is 6.03. The standard InChI is InChI=1S/C21H20F3N3O3/c1-5-7-17(13(2)25-3)27-18-10-9-14(12-15(18)20(28)29-4)30-19-16(21(22,23)24)8-6-11-26-19/h5-12,27H,1H2,2-4H3/b17-7+,25-13?. The van der Waals surface area contributed by atoms with E-state index >= 15 is 0 Å². The topological polar surface area (TPSA) is 72.8 Å². The number of nitrogens with one attached hydrogen (secondary N) is 1. The number of benzene rings is 1. The summed E-state index contributed by atoms with van der Waals surface area (Å²) in [6.07, 6.45) is -0.248. The Bertz CT molecular complexity index is 998. The Balaban J connectivity index is 2.46. The van der Waals surface area contributed by atoms with Gasteiger partial charge in [0, 0.05) is 13.2 Å². The van der Waals surface area contributed by atoms with Crippen LogP contribution in [-0.2, 0) is 10.9 Å². The van der Waals surface area contributed by atoms with Crippen LogP contribution in [0.25, 0.3) is 0 Å². The van der Waals surface area contributed by atoms with E-state index in [1.165, 1.54) is 31.5 Å². The number of allylic oxidation sites excluding steroid dienone is 3. The minimum atomic E-state index is -4.64. The van der Waals surface area contributed by atoms with Crippen molar-refractivity contribution in [3.8, 4) is 11.6 Å². The number of aromatic nitrogens is 1. The lowest BCUT2D eigenvalue weighted by Gasteiger charge is -2.16. The second-order valence-corrected chi connectivity index (χ2v) is 5.90. The molecule has 0 saturated heterocycles. The molecule has 0 aliphatic rings. The molecule has 0 atom stereocenters. The van der Waals surface area contributed by atoms with Gasteiger partial charge in [0.2, 0.25) is 5.88 Å². The number of halogens is 3. The number of ether oxygens (including phenoxy) is 2. The van der Waals surface area contributed by atoms with Crippen LogP contribution >= 0.6 is 0 Å². The number of methoxy groups -OCH3 is 1. The Morgan fingerprint density at radius 1 is 1.30 bits per heavy atom. The van der Waals surface area contributed by atoms with Crippen LogP contribution in [0.4, 0.5) is 18.9 Å². The van der Waals surface area contributed by atoms with E-state index in [-0.39, 0.29) is 11.3 Å². The molecule has 0 amide bonds. The Morgan fingerprint density at radius 3 is 2.63 bits per heavy atom. The fraction of sp³-hybridized carbons (Fsp3) is 0.190. The highest BCUT2D eigenvalue weighted by Gasteiger charge is 2.35. The molecule has 0 spiro atoms. The predicted octanol–water partition coefficient (Wildman–Crippen LogP) is 5.25. The second kappa shape index (κ2) is 9.73. The lowest BCUT2D eigenvalue weighted by molar-refractivity contribution is -0.138. The number of anilines is 1. The van der Waals surface area contributed by atoms with E-state index in [1.54, 1.807) is 26.1 Å². The lowest BCUT2D eigenvalue weighted by Crippen LogP contribution is -2.13. The van der Waals surface area contributed by atoms with E-state index in [1.807, 2.05) is 0 Å². The Labute approximate surface area is 171 Å². The fourth-order valence-electron chi connectivity index (χ4n) is 2.41. The van der Waals surface area contributed by atoms with Gasteiger partial charge in [0.05, 0.1) is 29.8 Å². The summed E-state index contributed by atoms with van der Waals surface area (Å²) in [5, 5.41) is 3.05. The molecule has 0 radical (unpaired) electrons. The van der Waals surface area contributed by atoms with Crippen molar-refractivity contribution in [2.24, 2.45) is 4.99 Å². The van der Waals surface area contributed by atoms with Gasteiger partial charge in [-0.3, -0.25) is 4.99 Å². The zero-order valence-corrected chi connectivity index (χ0v) is 16.6. The minimum Gasteiger partial charge on any atom is -0.465 e. The summed E-state index contributed by atoms with van der Waals surface area (Å²) in [6.45, 7) is 5.40. The average Bonchev–Trinajstić information content (AvgIpc) is 2.72. The van der Waals surface area contributed by atoms with E-state index in [0.29, 0.717) is 17.1 Å². The summed E-state index contributed by atoms with van der Waals surface area (Å²) < 4.78 is 49.6. The second-order valence-electron chi connectivity index (χ2n) is 5.90. The molecule has 9 heteroatoms. The highest BCUT2D eigenvalue weighted by atomic mass is 19.4. The molecule has 0 aliphatic heterocycles. The fourth-order valence-corrected chi connectivity index (χ4v) is 2.41. The van der Waals surface area contributed by atoms with Crippen molar-refractivity contribution in [1.82, 2.24) is 4.98 Å². The molecule has 30 heavy (non-hydrogen) atoms. The van der Waals surface area contributed by atoms with Gasteiger partial charge in [-0.2, -0.15) is 13.2 Å². The molecule has 2 rings (SSSR count). The van der Waals surface area contributed by atoms with Crippen molar-refractivity contribution >= 4 is 17.4 Å². The molecule has 1 aromatic heterocycles. The molecular weight excluding hydrogens is 399 g/mol. The Hall–Kier alpha value is -3.62. The van der Waals surface area contributed by atoms with Crippen molar-refractivity contribution in [2.75, 3.05) is 19.5 Å². The van der Waals surface area contributed by atoms with Crippen LogP contribution in [0.5, 0.6) is 11.6 Å². The van der Waals surface area contributed by atoms with Crippen LogP contribution < -0.4 is 10.1 Å². The van der Waals surface area contributed by atoms with E-state index < -0.39 is 23.6 Å². The maximum Gasteiger partial charge on any atom is 0.421 e. The summed E-state index contributed by atoms with van der Waals surface area (Å²) >= 11 is 0. The number of carbonyl (C=O) groups is 1. The molecule has 0 fully saturated rings. The van der Waals surface area contributed by atoms with Crippen molar-refractivity contribution in [1.29, 1.82) is 0 Å². The van der Waals surface area contributed by atoms with Gasteiger partial charge in [-0.05, 0) is 43.3 Å². The van der Waals surface area contributed by atoms with Crippen LogP contribution in [0.1, 0.15) is 22.8 Å². The molecule has 0 unspecified atom stereocenters. The van der Waals surface area contributed by atoms with Crippen LogP contribution in [0.2, 0.25) is 0 Å². The van der Waals surface area contributed by atoms with Gasteiger partial charge in [0.15, 0.2) is 0 Å². The van der Waals surface area contributed by atoms with E-state index in [0.717, 1.165) is 12.1 Å². The molecule has 158 valence electrons. The third kappa shape index (κ3) is 5.47. The first kappa shape index (κ1) is 22.7. The molecule has 0 saturated carbocycles. The predicted molar refractivity (Wildman–Crippen MR) is 108 cm³/mol. The number of alkyl halides is 3. The third-order valence-electron chi connectivity index (χ3n) is 3.97. The summed E-state index contributed by atoms with van der Waals surface area (Å²) in [5.74, 6) is -1.34. The summed E-state index contributed by atoms with van der Waals surface area (Å²) in [5.41, 5.74) is 0.600. The molecule has 1 aromatic carbocycles. The van der Waals surface area contributed by atoms with Gasteiger partial charge < -0.3 is 14.8 Å². The number of hydrogen-bond donors (Lipinski definition) is 1. The molecule has 0 aliphatic carbocycles. The van der Waals surface area contributed by atoms with Gasteiger partial charge in [0.1, 0.15) is 11.3 Å². The SMILES string of the molecule is C=C/C=C(/Nc1ccc(Oc2ncccc2C(F)(F)F)cc1C(=O)OC)C(C)=NC. The van der Waals surface area contributed by atoms with Crippen LogP contribution in [0, 0.1) is 0 Å². The lowest BCUT2D eigenvalue weighted by atomic mass is 10.1. The number of hydrogen-bond acceptors (Lipinski definition) is 6. The Morgan fingerprint density at radius 2 is 2.03 bits per heavy atom. The molecular formula is C21H20F3N3O3. The van der Waals surface area contributed by atoms with E-state index in [9.17, 15) is 18.0 Å². The van der Waals surface area contributed by atoms with Crippen molar-refractivity contribution in [3.05, 3.63) is 72.1 Å². The molecule has 2 aromatic rings. The largest absolute Gasteiger partial charge is 0.465 e. The maximum atomic E-state index is 13.2. The first-order valence-electron chi connectivity index (χ1n) is 8.67.